The summed E-state index contributed by atoms with van der Waals surface area (Å²) in [6, 6.07) is 8.44. The minimum Gasteiger partial charge on any atom is -0.504 e. The molecule has 0 aliphatic rings. The Hall–Kier alpha value is -2.29. The number of methoxy groups -OCH3 is 1. The molecule has 7 nitrogen and oxygen atoms in total. The number of carbonyl (C=O) groups is 1. The van der Waals surface area contributed by atoms with Gasteiger partial charge in [-0.2, -0.15) is 4.31 Å². The van der Waals surface area contributed by atoms with Crippen LogP contribution < -0.4 is 10.1 Å². The number of amides is 1. The molecule has 2 aromatic carbocycles. The average Bonchev–Trinajstić information content (AvgIpc) is 2.62. The third-order valence-electron chi connectivity index (χ3n) is 3.95. The van der Waals surface area contributed by atoms with E-state index in [4.69, 9.17) is 16.3 Å². The molecule has 2 rings (SSSR count). The van der Waals surface area contributed by atoms with Gasteiger partial charge in [0.05, 0.1) is 12.1 Å². The van der Waals surface area contributed by atoms with E-state index in [9.17, 15) is 18.3 Å². The highest BCUT2D eigenvalue weighted by Crippen LogP contribution is 2.29. The number of hydrogen-bond acceptors (Lipinski definition) is 5. The largest absolute Gasteiger partial charge is 0.504 e. The predicted molar refractivity (Wildman–Crippen MR) is 104 cm³/mol. The summed E-state index contributed by atoms with van der Waals surface area (Å²) in [6.45, 7) is 4.02. The normalized spacial score (nSPS) is 11.4. The molecular weight excluding hydrogens is 392 g/mol. The third kappa shape index (κ3) is 4.52. The molecule has 2 N–H and O–H groups in total. The number of anilines is 1. The second-order valence-electron chi connectivity index (χ2n) is 5.58. The molecule has 0 saturated carbocycles. The molecule has 0 aliphatic heterocycles. The van der Waals surface area contributed by atoms with Gasteiger partial charge in [-0.05, 0) is 30.3 Å². The van der Waals surface area contributed by atoms with Crippen molar-refractivity contribution < 1.29 is 23.1 Å². The van der Waals surface area contributed by atoms with Gasteiger partial charge >= 0.3 is 0 Å². The summed E-state index contributed by atoms with van der Waals surface area (Å²) in [5, 5.41) is 12.4. The van der Waals surface area contributed by atoms with E-state index in [0.29, 0.717) is 5.69 Å². The van der Waals surface area contributed by atoms with E-state index in [1.807, 2.05) is 0 Å². The Morgan fingerprint density at radius 2 is 1.85 bits per heavy atom. The van der Waals surface area contributed by atoms with Gasteiger partial charge in [-0.25, -0.2) is 8.42 Å². The maximum absolute atomic E-state index is 12.7. The fourth-order valence-corrected chi connectivity index (χ4v) is 4.47. The van der Waals surface area contributed by atoms with Gasteiger partial charge in [0.2, 0.25) is 10.0 Å². The minimum absolute atomic E-state index is 0.0422. The number of sulfonamides is 1. The van der Waals surface area contributed by atoms with E-state index in [1.165, 1.54) is 41.7 Å². The van der Waals surface area contributed by atoms with Gasteiger partial charge in [0.25, 0.3) is 5.91 Å². The van der Waals surface area contributed by atoms with Crippen molar-refractivity contribution in [2.75, 3.05) is 25.5 Å². The summed E-state index contributed by atoms with van der Waals surface area (Å²) in [6.07, 6.45) is 0. The smallest absolute Gasteiger partial charge is 0.255 e. The second-order valence-corrected chi connectivity index (χ2v) is 7.89. The summed E-state index contributed by atoms with van der Waals surface area (Å²) in [5.74, 6) is -0.393. The maximum Gasteiger partial charge on any atom is 0.255 e. The Balaban J connectivity index is 2.34. The first-order valence-corrected chi connectivity index (χ1v) is 10.0. The van der Waals surface area contributed by atoms with Gasteiger partial charge in [0, 0.05) is 30.4 Å². The van der Waals surface area contributed by atoms with Crippen molar-refractivity contribution in [3.63, 3.8) is 0 Å². The molecule has 0 aliphatic carbocycles. The fourth-order valence-electron chi connectivity index (χ4n) is 2.52. The van der Waals surface area contributed by atoms with Crippen LogP contribution >= 0.6 is 11.6 Å². The lowest BCUT2D eigenvalue weighted by atomic mass is 10.2. The molecule has 0 bridgehead atoms. The molecule has 2 aromatic rings. The van der Waals surface area contributed by atoms with Crippen LogP contribution in [0.1, 0.15) is 24.2 Å². The lowest BCUT2D eigenvalue weighted by Crippen LogP contribution is -2.31. The molecule has 0 aromatic heterocycles. The van der Waals surface area contributed by atoms with Crippen LogP contribution in [0.3, 0.4) is 0 Å². The monoisotopic (exact) mass is 412 g/mol. The number of carbonyl (C=O) groups excluding carboxylic acids is 1. The summed E-state index contributed by atoms with van der Waals surface area (Å²) in [7, 11) is -2.40. The molecule has 0 radical (unpaired) electrons. The number of nitrogens with one attached hydrogen (secondary N) is 1. The second kappa shape index (κ2) is 8.60. The zero-order valence-electron chi connectivity index (χ0n) is 15.2. The molecule has 9 heteroatoms. The standard InChI is InChI=1S/C18H21ClN2O5S/c1-4-21(5-2)27(24,25)17-10-12(6-8-14(17)19)18(23)20-13-7-9-16(26-3)15(22)11-13/h6-11,22H,4-5H2,1-3H3,(H,20,23). The lowest BCUT2D eigenvalue weighted by molar-refractivity contribution is 0.102. The molecule has 0 unspecified atom stereocenters. The molecule has 0 heterocycles. The molecule has 0 atom stereocenters. The van der Waals surface area contributed by atoms with E-state index >= 15 is 0 Å². The first kappa shape index (κ1) is 21.0. The topological polar surface area (TPSA) is 95.9 Å². The zero-order valence-corrected chi connectivity index (χ0v) is 16.8. The number of nitrogens with zero attached hydrogens (tertiary/aromatic N) is 1. The van der Waals surface area contributed by atoms with Crippen molar-refractivity contribution in [3.05, 3.63) is 47.0 Å². The van der Waals surface area contributed by atoms with Gasteiger partial charge in [0.1, 0.15) is 4.90 Å². The van der Waals surface area contributed by atoms with Crippen molar-refractivity contribution in [1.82, 2.24) is 4.31 Å². The van der Waals surface area contributed by atoms with Gasteiger partial charge in [-0.15, -0.1) is 0 Å². The molecule has 1 amide bonds. The molecule has 0 spiro atoms. The number of phenolic OH excluding ortho intramolecular Hbond substituents is 1. The van der Waals surface area contributed by atoms with E-state index < -0.39 is 15.9 Å². The number of aromatic hydroxyl groups is 1. The van der Waals surface area contributed by atoms with Crippen molar-refractivity contribution in [1.29, 1.82) is 0 Å². The summed E-state index contributed by atoms with van der Waals surface area (Å²) in [5.41, 5.74) is 0.460. The van der Waals surface area contributed by atoms with E-state index in [2.05, 4.69) is 5.32 Å². The van der Waals surface area contributed by atoms with Crippen LogP contribution in [0.5, 0.6) is 11.5 Å². The zero-order chi connectivity index (χ0) is 20.2. The summed E-state index contributed by atoms with van der Waals surface area (Å²) >= 11 is 6.07. The fraction of sp³-hybridized carbons (Fsp3) is 0.278. The first-order valence-electron chi connectivity index (χ1n) is 8.22. The Bertz CT molecular complexity index is 943. The van der Waals surface area contributed by atoms with Crippen LogP contribution in [0.15, 0.2) is 41.3 Å². The predicted octanol–water partition coefficient (Wildman–Crippen LogP) is 3.34. The highest BCUT2D eigenvalue weighted by Gasteiger charge is 2.25. The maximum atomic E-state index is 12.7. The summed E-state index contributed by atoms with van der Waals surface area (Å²) < 4.78 is 31.7. The van der Waals surface area contributed by atoms with Crippen molar-refractivity contribution >= 4 is 33.2 Å². The van der Waals surface area contributed by atoms with Crippen LogP contribution in [0.2, 0.25) is 5.02 Å². The van der Waals surface area contributed by atoms with Crippen LogP contribution in [-0.4, -0.2) is 43.9 Å². The molecule has 0 fully saturated rings. The number of benzene rings is 2. The minimum atomic E-state index is -3.81. The number of halogens is 1. The summed E-state index contributed by atoms with van der Waals surface area (Å²) in [4.78, 5) is 12.4. The van der Waals surface area contributed by atoms with Crippen LogP contribution in [0.4, 0.5) is 5.69 Å². The molecular formula is C18H21ClN2O5S. The lowest BCUT2D eigenvalue weighted by Gasteiger charge is -2.19. The van der Waals surface area contributed by atoms with Crippen LogP contribution in [0.25, 0.3) is 0 Å². The van der Waals surface area contributed by atoms with Crippen LogP contribution in [0, 0.1) is 0 Å². The van der Waals surface area contributed by atoms with Gasteiger partial charge in [-0.3, -0.25) is 4.79 Å². The van der Waals surface area contributed by atoms with Gasteiger partial charge in [0.15, 0.2) is 11.5 Å². The quantitative estimate of drug-likeness (QED) is 0.727. The highest BCUT2D eigenvalue weighted by atomic mass is 35.5. The number of hydrogen-bond donors (Lipinski definition) is 2. The molecule has 146 valence electrons. The van der Waals surface area contributed by atoms with Crippen molar-refractivity contribution in [3.8, 4) is 11.5 Å². The SMILES string of the molecule is CCN(CC)S(=O)(=O)c1cc(C(=O)Nc2ccc(OC)c(O)c2)ccc1Cl. The third-order valence-corrected chi connectivity index (χ3v) is 6.48. The molecule has 27 heavy (non-hydrogen) atoms. The van der Waals surface area contributed by atoms with E-state index in [1.54, 1.807) is 19.9 Å². The number of phenols is 1. The van der Waals surface area contributed by atoms with Crippen molar-refractivity contribution in [2.24, 2.45) is 0 Å². The van der Waals surface area contributed by atoms with Gasteiger partial charge in [-0.1, -0.05) is 25.4 Å². The number of rotatable bonds is 7. The Kier molecular flexibility index (Phi) is 6.69. The average molecular weight is 413 g/mol. The number of ether oxygens (including phenoxy) is 1. The first-order chi connectivity index (χ1) is 12.7. The Morgan fingerprint density at radius 3 is 2.41 bits per heavy atom. The van der Waals surface area contributed by atoms with Crippen molar-refractivity contribution in [2.45, 2.75) is 18.7 Å². The van der Waals surface area contributed by atoms with E-state index in [-0.39, 0.29) is 40.1 Å². The Morgan fingerprint density at radius 1 is 1.19 bits per heavy atom. The highest BCUT2D eigenvalue weighted by molar-refractivity contribution is 7.89. The van der Waals surface area contributed by atoms with Crippen LogP contribution in [-0.2, 0) is 10.0 Å². The molecule has 0 saturated heterocycles. The Labute approximate surface area is 163 Å². The van der Waals surface area contributed by atoms with E-state index in [0.717, 1.165) is 0 Å². The van der Waals surface area contributed by atoms with Gasteiger partial charge < -0.3 is 15.2 Å².